The van der Waals surface area contributed by atoms with Crippen molar-refractivity contribution in [1.82, 2.24) is 0 Å². The van der Waals surface area contributed by atoms with Gasteiger partial charge >= 0.3 is 0 Å². The molecule has 2 heteroatoms. The zero-order valence-corrected chi connectivity index (χ0v) is 8.53. The van der Waals surface area contributed by atoms with E-state index in [1.807, 2.05) is 31.2 Å². The van der Waals surface area contributed by atoms with Gasteiger partial charge in [-0.25, -0.2) is 0 Å². The van der Waals surface area contributed by atoms with Crippen LogP contribution in [0.15, 0.2) is 36.9 Å². The molecule has 0 saturated carbocycles. The molecule has 0 aliphatic carbocycles. The van der Waals surface area contributed by atoms with E-state index >= 15 is 0 Å². The normalized spacial score (nSPS) is 9.79. The molecule has 0 unspecified atom stereocenters. The molecule has 1 aromatic carbocycles. The maximum absolute atomic E-state index is 5.36. The van der Waals surface area contributed by atoms with Gasteiger partial charge in [0.1, 0.15) is 12.4 Å². The average molecular weight is 192 g/mol. The predicted octanol–water partition coefficient (Wildman–Crippen LogP) is 2.79. The summed E-state index contributed by atoms with van der Waals surface area (Å²) in [5.41, 5.74) is 1.16. The maximum Gasteiger partial charge on any atom is 0.119 e. The van der Waals surface area contributed by atoms with Crippen LogP contribution in [0, 0.1) is 0 Å². The standard InChI is InChI=1S/C12H16O2/c1-3-9-14-12-7-5-11(6-8-12)10-13-4-2/h3,5-8H,1,4,9-10H2,2H3. The molecule has 0 aromatic heterocycles. The first-order valence-corrected chi connectivity index (χ1v) is 4.77. The lowest BCUT2D eigenvalue weighted by molar-refractivity contribution is 0.134. The van der Waals surface area contributed by atoms with E-state index in [1.54, 1.807) is 6.08 Å². The van der Waals surface area contributed by atoms with Crippen molar-refractivity contribution >= 4 is 0 Å². The summed E-state index contributed by atoms with van der Waals surface area (Å²) >= 11 is 0. The summed E-state index contributed by atoms with van der Waals surface area (Å²) < 4.78 is 10.6. The second-order valence-corrected chi connectivity index (χ2v) is 2.88. The molecule has 1 rings (SSSR count). The van der Waals surface area contributed by atoms with Crippen molar-refractivity contribution in [2.75, 3.05) is 13.2 Å². The van der Waals surface area contributed by atoms with Gasteiger partial charge < -0.3 is 9.47 Å². The highest BCUT2D eigenvalue weighted by Crippen LogP contribution is 2.12. The topological polar surface area (TPSA) is 18.5 Å². The number of hydrogen-bond donors (Lipinski definition) is 0. The van der Waals surface area contributed by atoms with Crippen molar-refractivity contribution in [3.05, 3.63) is 42.5 Å². The van der Waals surface area contributed by atoms with Gasteiger partial charge in [0.15, 0.2) is 0 Å². The molecule has 0 atom stereocenters. The van der Waals surface area contributed by atoms with Crippen LogP contribution < -0.4 is 4.74 Å². The van der Waals surface area contributed by atoms with Gasteiger partial charge in [0.05, 0.1) is 6.61 Å². The quantitative estimate of drug-likeness (QED) is 0.645. The Morgan fingerprint density at radius 3 is 2.57 bits per heavy atom. The molecule has 0 fully saturated rings. The monoisotopic (exact) mass is 192 g/mol. The summed E-state index contributed by atoms with van der Waals surface area (Å²) in [6.07, 6.45) is 1.73. The molecule has 0 N–H and O–H groups in total. The van der Waals surface area contributed by atoms with Gasteiger partial charge in [-0.15, -0.1) is 0 Å². The van der Waals surface area contributed by atoms with Crippen LogP contribution in [0.2, 0.25) is 0 Å². The molecule has 1 aromatic rings. The summed E-state index contributed by atoms with van der Waals surface area (Å²) in [5, 5.41) is 0. The highest BCUT2D eigenvalue weighted by atomic mass is 16.5. The fraction of sp³-hybridized carbons (Fsp3) is 0.333. The van der Waals surface area contributed by atoms with Crippen molar-refractivity contribution in [1.29, 1.82) is 0 Å². The third-order valence-electron chi connectivity index (χ3n) is 1.76. The lowest BCUT2D eigenvalue weighted by Crippen LogP contribution is -1.94. The molecular formula is C12H16O2. The molecule has 76 valence electrons. The van der Waals surface area contributed by atoms with Gasteiger partial charge in [-0.05, 0) is 24.6 Å². The van der Waals surface area contributed by atoms with Crippen molar-refractivity contribution in [2.24, 2.45) is 0 Å². The lowest BCUT2D eigenvalue weighted by Gasteiger charge is -2.04. The molecule has 2 nitrogen and oxygen atoms in total. The lowest BCUT2D eigenvalue weighted by atomic mass is 10.2. The largest absolute Gasteiger partial charge is 0.490 e. The van der Waals surface area contributed by atoms with Gasteiger partial charge in [-0.1, -0.05) is 24.8 Å². The minimum atomic E-state index is 0.546. The Balaban J connectivity index is 2.46. The van der Waals surface area contributed by atoms with Gasteiger partial charge in [0, 0.05) is 6.61 Å². The van der Waals surface area contributed by atoms with Crippen LogP contribution in [-0.2, 0) is 11.3 Å². The molecule has 0 saturated heterocycles. The third kappa shape index (κ3) is 3.62. The molecule has 0 spiro atoms. The van der Waals surface area contributed by atoms with E-state index < -0.39 is 0 Å². The number of benzene rings is 1. The van der Waals surface area contributed by atoms with Gasteiger partial charge in [-0.3, -0.25) is 0 Å². The fourth-order valence-electron chi connectivity index (χ4n) is 1.06. The van der Waals surface area contributed by atoms with Crippen LogP contribution >= 0.6 is 0 Å². The Morgan fingerprint density at radius 1 is 1.29 bits per heavy atom. The van der Waals surface area contributed by atoms with E-state index in [2.05, 4.69) is 6.58 Å². The first kappa shape index (κ1) is 10.8. The van der Waals surface area contributed by atoms with Crippen LogP contribution in [0.5, 0.6) is 5.75 Å². The smallest absolute Gasteiger partial charge is 0.119 e. The number of ether oxygens (including phenoxy) is 2. The van der Waals surface area contributed by atoms with E-state index in [-0.39, 0.29) is 0 Å². The molecule has 0 radical (unpaired) electrons. The zero-order chi connectivity index (χ0) is 10.2. The second-order valence-electron chi connectivity index (χ2n) is 2.88. The molecule has 0 amide bonds. The van der Waals surface area contributed by atoms with E-state index in [0.29, 0.717) is 13.2 Å². The van der Waals surface area contributed by atoms with Gasteiger partial charge in [-0.2, -0.15) is 0 Å². The Morgan fingerprint density at radius 2 is 2.00 bits per heavy atom. The minimum absolute atomic E-state index is 0.546. The van der Waals surface area contributed by atoms with Crippen molar-refractivity contribution < 1.29 is 9.47 Å². The van der Waals surface area contributed by atoms with Crippen LogP contribution in [0.1, 0.15) is 12.5 Å². The van der Waals surface area contributed by atoms with Crippen molar-refractivity contribution in [3.8, 4) is 5.75 Å². The first-order chi connectivity index (χ1) is 6.86. The Labute approximate surface area is 85.2 Å². The molecule has 0 aliphatic heterocycles. The summed E-state index contributed by atoms with van der Waals surface area (Å²) in [4.78, 5) is 0. The molecule has 0 heterocycles. The van der Waals surface area contributed by atoms with E-state index in [1.165, 1.54) is 0 Å². The Hall–Kier alpha value is -1.28. The molecule has 14 heavy (non-hydrogen) atoms. The van der Waals surface area contributed by atoms with Crippen molar-refractivity contribution in [2.45, 2.75) is 13.5 Å². The fourth-order valence-corrected chi connectivity index (χ4v) is 1.06. The Bertz CT molecular complexity index is 264. The summed E-state index contributed by atoms with van der Waals surface area (Å²) in [7, 11) is 0. The van der Waals surface area contributed by atoms with Gasteiger partial charge in [0.2, 0.25) is 0 Å². The SMILES string of the molecule is C=CCOc1ccc(COCC)cc1. The number of hydrogen-bond acceptors (Lipinski definition) is 2. The maximum atomic E-state index is 5.36. The van der Waals surface area contributed by atoms with Crippen molar-refractivity contribution in [3.63, 3.8) is 0 Å². The van der Waals surface area contributed by atoms with E-state index in [0.717, 1.165) is 17.9 Å². The van der Waals surface area contributed by atoms with Gasteiger partial charge in [0.25, 0.3) is 0 Å². The zero-order valence-electron chi connectivity index (χ0n) is 8.53. The highest BCUT2D eigenvalue weighted by molar-refractivity contribution is 5.26. The van der Waals surface area contributed by atoms with Crippen LogP contribution in [0.3, 0.4) is 0 Å². The van der Waals surface area contributed by atoms with Crippen LogP contribution in [0.25, 0.3) is 0 Å². The predicted molar refractivity (Wildman–Crippen MR) is 57.5 cm³/mol. The van der Waals surface area contributed by atoms with E-state index in [4.69, 9.17) is 9.47 Å². The van der Waals surface area contributed by atoms with Crippen LogP contribution in [-0.4, -0.2) is 13.2 Å². The second kappa shape index (κ2) is 6.22. The molecular weight excluding hydrogens is 176 g/mol. The molecule has 0 aliphatic rings. The summed E-state index contributed by atoms with van der Waals surface area (Å²) in [6, 6.07) is 7.90. The third-order valence-corrected chi connectivity index (χ3v) is 1.76. The average Bonchev–Trinajstić information content (AvgIpc) is 2.25. The first-order valence-electron chi connectivity index (χ1n) is 4.77. The number of rotatable bonds is 6. The minimum Gasteiger partial charge on any atom is -0.490 e. The van der Waals surface area contributed by atoms with E-state index in [9.17, 15) is 0 Å². The molecule has 0 bridgehead atoms. The summed E-state index contributed by atoms with van der Waals surface area (Å²) in [6.45, 7) is 7.53. The highest BCUT2D eigenvalue weighted by Gasteiger charge is 1.94. The summed E-state index contributed by atoms with van der Waals surface area (Å²) in [5.74, 6) is 0.866. The Kier molecular flexibility index (Phi) is 4.79. The van der Waals surface area contributed by atoms with Crippen LogP contribution in [0.4, 0.5) is 0 Å².